The highest BCUT2D eigenvalue weighted by molar-refractivity contribution is 5.27. The SMILES string of the molecule is CNCc1cc(OC2CCCCC2C)nc(C(C)C)c1. The number of rotatable bonds is 5. The zero-order valence-corrected chi connectivity index (χ0v) is 13.3. The molecule has 112 valence electrons. The Morgan fingerprint density at radius 2 is 2.05 bits per heavy atom. The molecule has 1 aliphatic rings. The summed E-state index contributed by atoms with van der Waals surface area (Å²) in [4.78, 5) is 4.69. The third kappa shape index (κ3) is 3.95. The monoisotopic (exact) mass is 276 g/mol. The minimum atomic E-state index is 0.334. The van der Waals surface area contributed by atoms with Gasteiger partial charge in [0.2, 0.25) is 5.88 Å². The third-order valence-electron chi connectivity index (χ3n) is 4.16. The molecule has 1 N–H and O–H groups in total. The van der Waals surface area contributed by atoms with Crippen LogP contribution in [0.2, 0.25) is 0 Å². The molecule has 2 unspecified atom stereocenters. The predicted molar refractivity (Wildman–Crippen MR) is 83.1 cm³/mol. The van der Waals surface area contributed by atoms with Gasteiger partial charge in [0.05, 0.1) is 0 Å². The molecule has 0 aliphatic heterocycles. The van der Waals surface area contributed by atoms with E-state index in [4.69, 9.17) is 9.72 Å². The zero-order valence-electron chi connectivity index (χ0n) is 13.3. The number of ether oxygens (including phenoxy) is 1. The molecule has 2 rings (SSSR count). The second-order valence-electron chi connectivity index (χ2n) is 6.34. The van der Waals surface area contributed by atoms with E-state index in [1.165, 1.54) is 24.8 Å². The molecule has 0 spiro atoms. The number of aromatic nitrogens is 1. The maximum Gasteiger partial charge on any atom is 0.214 e. The molecule has 1 fully saturated rings. The van der Waals surface area contributed by atoms with Crippen molar-refractivity contribution in [3.63, 3.8) is 0 Å². The van der Waals surface area contributed by atoms with E-state index in [-0.39, 0.29) is 0 Å². The summed E-state index contributed by atoms with van der Waals surface area (Å²) in [5.74, 6) is 1.87. The fourth-order valence-electron chi connectivity index (χ4n) is 2.86. The van der Waals surface area contributed by atoms with E-state index >= 15 is 0 Å². The van der Waals surface area contributed by atoms with Gasteiger partial charge < -0.3 is 10.1 Å². The summed E-state index contributed by atoms with van der Waals surface area (Å²) in [6, 6.07) is 4.27. The average molecular weight is 276 g/mol. The lowest BCUT2D eigenvalue weighted by Gasteiger charge is -2.29. The van der Waals surface area contributed by atoms with Gasteiger partial charge in [-0.1, -0.05) is 27.2 Å². The maximum absolute atomic E-state index is 6.21. The van der Waals surface area contributed by atoms with Gasteiger partial charge in [-0.25, -0.2) is 4.98 Å². The van der Waals surface area contributed by atoms with Gasteiger partial charge in [0, 0.05) is 18.3 Å². The average Bonchev–Trinajstić information content (AvgIpc) is 2.41. The highest BCUT2D eigenvalue weighted by Gasteiger charge is 2.23. The van der Waals surface area contributed by atoms with Crippen LogP contribution in [-0.4, -0.2) is 18.1 Å². The Labute approximate surface area is 123 Å². The normalized spacial score (nSPS) is 23.1. The number of nitrogens with one attached hydrogen (secondary N) is 1. The van der Waals surface area contributed by atoms with E-state index in [2.05, 4.69) is 38.2 Å². The molecule has 1 aromatic rings. The summed E-state index contributed by atoms with van der Waals surface area (Å²) in [7, 11) is 1.97. The fraction of sp³-hybridized carbons (Fsp3) is 0.706. The van der Waals surface area contributed by atoms with Gasteiger partial charge in [0.25, 0.3) is 0 Å². The van der Waals surface area contributed by atoms with Gasteiger partial charge in [0.1, 0.15) is 6.10 Å². The van der Waals surface area contributed by atoms with Gasteiger partial charge in [-0.3, -0.25) is 0 Å². The molecular formula is C17H28N2O. The van der Waals surface area contributed by atoms with Crippen LogP contribution in [0.3, 0.4) is 0 Å². The van der Waals surface area contributed by atoms with Crippen LogP contribution in [0.25, 0.3) is 0 Å². The molecule has 1 saturated carbocycles. The van der Waals surface area contributed by atoms with Gasteiger partial charge in [-0.15, -0.1) is 0 Å². The first-order valence-electron chi connectivity index (χ1n) is 7.92. The van der Waals surface area contributed by atoms with Crippen molar-refractivity contribution < 1.29 is 4.74 Å². The lowest BCUT2D eigenvalue weighted by molar-refractivity contribution is 0.0972. The van der Waals surface area contributed by atoms with Crippen LogP contribution in [0.15, 0.2) is 12.1 Å². The summed E-state index contributed by atoms with van der Waals surface area (Å²) in [6.45, 7) is 7.51. The van der Waals surface area contributed by atoms with Gasteiger partial charge >= 0.3 is 0 Å². The molecule has 3 heteroatoms. The second kappa shape index (κ2) is 7.07. The van der Waals surface area contributed by atoms with Crippen LogP contribution in [-0.2, 0) is 6.54 Å². The Morgan fingerprint density at radius 1 is 1.30 bits per heavy atom. The minimum absolute atomic E-state index is 0.334. The van der Waals surface area contributed by atoms with Crippen molar-refractivity contribution in [1.82, 2.24) is 10.3 Å². The van der Waals surface area contributed by atoms with E-state index in [1.807, 2.05) is 7.05 Å². The number of nitrogens with zero attached hydrogens (tertiary/aromatic N) is 1. The van der Waals surface area contributed by atoms with Crippen LogP contribution < -0.4 is 10.1 Å². The first-order chi connectivity index (χ1) is 9.60. The fourth-order valence-corrected chi connectivity index (χ4v) is 2.86. The van der Waals surface area contributed by atoms with Crippen LogP contribution >= 0.6 is 0 Å². The zero-order chi connectivity index (χ0) is 14.5. The van der Waals surface area contributed by atoms with Crippen molar-refractivity contribution in [2.45, 2.75) is 65.0 Å². The van der Waals surface area contributed by atoms with E-state index in [0.717, 1.165) is 24.5 Å². The van der Waals surface area contributed by atoms with Gasteiger partial charge in [-0.05, 0) is 49.8 Å². The molecule has 1 heterocycles. The van der Waals surface area contributed by atoms with Crippen molar-refractivity contribution in [3.8, 4) is 5.88 Å². The standard InChI is InChI=1S/C17H28N2O/c1-12(2)15-9-14(11-18-4)10-17(19-15)20-16-8-6-5-7-13(16)3/h9-10,12-13,16,18H,5-8,11H2,1-4H3. The van der Waals surface area contributed by atoms with Gasteiger partial charge in [0.15, 0.2) is 0 Å². The molecule has 1 aliphatic carbocycles. The van der Waals surface area contributed by atoms with Crippen LogP contribution in [0, 0.1) is 5.92 Å². The lowest BCUT2D eigenvalue weighted by Crippen LogP contribution is -2.28. The molecule has 0 bridgehead atoms. The summed E-state index contributed by atoms with van der Waals surface area (Å²) in [5, 5.41) is 3.21. The Morgan fingerprint density at radius 3 is 2.70 bits per heavy atom. The number of hydrogen-bond acceptors (Lipinski definition) is 3. The summed E-state index contributed by atoms with van der Waals surface area (Å²) in [6.07, 6.45) is 5.39. The van der Waals surface area contributed by atoms with Crippen molar-refractivity contribution in [2.75, 3.05) is 7.05 Å². The quantitative estimate of drug-likeness (QED) is 0.886. The molecule has 1 aromatic heterocycles. The molecule has 2 atom stereocenters. The second-order valence-corrected chi connectivity index (χ2v) is 6.34. The van der Waals surface area contributed by atoms with E-state index in [0.29, 0.717) is 17.9 Å². The van der Waals surface area contributed by atoms with E-state index in [1.54, 1.807) is 0 Å². The topological polar surface area (TPSA) is 34.1 Å². The Kier molecular flexibility index (Phi) is 5.41. The minimum Gasteiger partial charge on any atom is -0.474 e. The largest absolute Gasteiger partial charge is 0.474 e. The van der Waals surface area contributed by atoms with E-state index in [9.17, 15) is 0 Å². The molecule has 20 heavy (non-hydrogen) atoms. The molecule has 0 amide bonds. The van der Waals surface area contributed by atoms with Crippen LogP contribution in [0.1, 0.15) is 63.6 Å². The Balaban J connectivity index is 2.16. The smallest absolute Gasteiger partial charge is 0.214 e. The first-order valence-corrected chi connectivity index (χ1v) is 7.92. The molecule has 3 nitrogen and oxygen atoms in total. The summed E-state index contributed by atoms with van der Waals surface area (Å²) >= 11 is 0. The lowest BCUT2D eigenvalue weighted by atomic mass is 9.88. The van der Waals surface area contributed by atoms with Crippen molar-refractivity contribution in [1.29, 1.82) is 0 Å². The summed E-state index contributed by atoms with van der Waals surface area (Å²) < 4.78 is 6.21. The summed E-state index contributed by atoms with van der Waals surface area (Å²) in [5.41, 5.74) is 2.38. The van der Waals surface area contributed by atoms with Crippen molar-refractivity contribution in [3.05, 3.63) is 23.4 Å². The Hall–Kier alpha value is -1.09. The number of hydrogen-bond donors (Lipinski definition) is 1. The molecular weight excluding hydrogens is 248 g/mol. The van der Waals surface area contributed by atoms with Crippen LogP contribution in [0.5, 0.6) is 5.88 Å². The van der Waals surface area contributed by atoms with E-state index < -0.39 is 0 Å². The Bertz CT molecular complexity index is 431. The molecule has 0 radical (unpaired) electrons. The van der Waals surface area contributed by atoms with Crippen LogP contribution in [0.4, 0.5) is 0 Å². The first kappa shape index (κ1) is 15.3. The third-order valence-corrected chi connectivity index (χ3v) is 4.16. The maximum atomic E-state index is 6.21. The molecule has 0 aromatic carbocycles. The predicted octanol–water partition coefficient (Wildman–Crippen LogP) is 3.88. The molecule has 0 saturated heterocycles. The number of pyridine rings is 1. The van der Waals surface area contributed by atoms with Crippen molar-refractivity contribution >= 4 is 0 Å². The highest BCUT2D eigenvalue weighted by Crippen LogP contribution is 2.28. The highest BCUT2D eigenvalue weighted by atomic mass is 16.5. The van der Waals surface area contributed by atoms with Gasteiger partial charge in [-0.2, -0.15) is 0 Å². The van der Waals surface area contributed by atoms with Crippen molar-refractivity contribution in [2.24, 2.45) is 5.92 Å².